The van der Waals surface area contributed by atoms with Gasteiger partial charge in [0.05, 0.1) is 5.60 Å². The van der Waals surface area contributed by atoms with Crippen LogP contribution >= 0.6 is 0 Å². The van der Waals surface area contributed by atoms with E-state index in [1.807, 2.05) is 7.11 Å². The standard InChI is InChI=1S/C16H33NO/c1-6-12-17-15(10-11-16(3,4)18-5)14-9-7-8-13(14)2/h13-15,17H,6-12H2,1-5H3. The normalized spacial score (nSPS) is 26.5. The second-order valence-corrected chi connectivity index (χ2v) is 6.64. The quantitative estimate of drug-likeness (QED) is 0.708. The van der Waals surface area contributed by atoms with Gasteiger partial charge in [0, 0.05) is 13.2 Å². The van der Waals surface area contributed by atoms with Gasteiger partial charge in [-0.3, -0.25) is 0 Å². The van der Waals surface area contributed by atoms with E-state index in [-0.39, 0.29) is 5.60 Å². The summed E-state index contributed by atoms with van der Waals surface area (Å²) in [4.78, 5) is 0. The van der Waals surface area contributed by atoms with E-state index in [0.29, 0.717) is 6.04 Å². The predicted octanol–water partition coefficient (Wildman–Crippen LogP) is 4.00. The molecule has 1 fully saturated rings. The number of rotatable bonds is 8. The maximum Gasteiger partial charge on any atom is 0.0623 e. The minimum Gasteiger partial charge on any atom is -0.379 e. The minimum absolute atomic E-state index is 0.0218. The van der Waals surface area contributed by atoms with Crippen LogP contribution in [0.3, 0.4) is 0 Å². The number of methoxy groups -OCH3 is 1. The second-order valence-electron chi connectivity index (χ2n) is 6.64. The number of ether oxygens (including phenoxy) is 1. The van der Waals surface area contributed by atoms with E-state index in [2.05, 4.69) is 33.0 Å². The fraction of sp³-hybridized carbons (Fsp3) is 1.00. The zero-order chi connectivity index (χ0) is 13.6. The molecular weight excluding hydrogens is 222 g/mol. The van der Waals surface area contributed by atoms with E-state index in [9.17, 15) is 0 Å². The Balaban J connectivity index is 2.49. The van der Waals surface area contributed by atoms with Crippen LogP contribution < -0.4 is 5.32 Å². The molecule has 1 aliphatic carbocycles. The van der Waals surface area contributed by atoms with E-state index >= 15 is 0 Å². The Hall–Kier alpha value is -0.0800. The second kappa shape index (κ2) is 7.49. The third-order valence-corrected chi connectivity index (χ3v) is 4.71. The highest BCUT2D eigenvalue weighted by Crippen LogP contribution is 2.35. The Kier molecular flexibility index (Phi) is 6.65. The highest BCUT2D eigenvalue weighted by molar-refractivity contribution is 4.86. The van der Waals surface area contributed by atoms with E-state index in [1.165, 1.54) is 32.1 Å². The Labute approximate surface area is 114 Å². The molecule has 2 heteroatoms. The average Bonchev–Trinajstić information content (AvgIpc) is 2.76. The van der Waals surface area contributed by atoms with E-state index in [4.69, 9.17) is 4.74 Å². The first kappa shape index (κ1) is 16.0. The molecule has 0 aromatic rings. The summed E-state index contributed by atoms with van der Waals surface area (Å²) >= 11 is 0. The van der Waals surface area contributed by atoms with Gasteiger partial charge in [-0.25, -0.2) is 0 Å². The van der Waals surface area contributed by atoms with E-state index in [1.54, 1.807) is 0 Å². The molecule has 0 aromatic carbocycles. The maximum absolute atomic E-state index is 5.55. The monoisotopic (exact) mass is 255 g/mol. The largest absolute Gasteiger partial charge is 0.379 e. The molecular formula is C16H33NO. The van der Waals surface area contributed by atoms with Gasteiger partial charge < -0.3 is 10.1 Å². The summed E-state index contributed by atoms with van der Waals surface area (Å²) in [6.07, 6.45) is 7.87. The van der Waals surface area contributed by atoms with Gasteiger partial charge in [-0.15, -0.1) is 0 Å². The van der Waals surface area contributed by atoms with Crippen molar-refractivity contribution in [2.75, 3.05) is 13.7 Å². The first-order valence-corrected chi connectivity index (χ1v) is 7.78. The van der Waals surface area contributed by atoms with Crippen molar-refractivity contribution in [3.8, 4) is 0 Å². The molecule has 0 saturated heterocycles. The molecule has 3 unspecified atom stereocenters. The lowest BCUT2D eigenvalue weighted by Gasteiger charge is -2.31. The average molecular weight is 255 g/mol. The zero-order valence-corrected chi connectivity index (χ0v) is 13.1. The van der Waals surface area contributed by atoms with Crippen molar-refractivity contribution in [2.24, 2.45) is 11.8 Å². The highest BCUT2D eigenvalue weighted by Gasteiger charge is 2.31. The van der Waals surface area contributed by atoms with Crippen LogP contribution in [0.1, 0.15) is 66.2 Å². The van der Waals surface area contributed by atoms with Gasteiger partial charge in [-0.2, -0.15) is 0 Å². The predicted molar refractivity (Wildman–Crippen MR) is 78.9 cm³/mol. The Morgan fingerprint density at radius 2 is 2.06 bits per heavy atom. The molecule has 0 amide bonds. The van der Waals surface area contributed by atoms with Crippen molar-refractivity contribution in [3.63, 3.8) is 0 Å². The molecule has 108 valence electrons. The first-order chi connectivity index (χ1) is 8.50. The highest BCUT2D eigenvalue weighted by atomic mass is 16.5. The molecule has 0 aliphatic heterocycles. The summed E-state index contributed by atoms with van der Waals surface area (Å²) in [5.41, 5.74) is 0.0218. The topological polar surface area (TPSA) is 21.3 Å². The first-order valence-electron chi connectivity index (χ1n) is 7.78. The van der Waals surface area contributed by atoms with Gasteiger partial charge in [-0.1, -0.05) is 26.7 Å². The summed E-state index contributed by atoms with van der Waals surface area (Å²) in [6, 6.07) is 0.692. The molecule has 0 radical (unpaired) electrons. The number of hydrogen-bond donors (Lipinski definition) is 1. The van der Waals surface area contributed by atoms with Crippen LogP contribution in [0, 0.1) is 11.8 Å². The van der Waals surface area contributed by atoms with Crippen LogP contribution in [0.15, 0.2) is 0 Å². The molecule has 18 heavy (non-hydrogen) atoms. The Morgan fingerprint density at radius 3 is 2.56 bits per heavy atom. The fourth-order valence-electron chi connectivity index (χ4n) is 3.17. The number of hydrogen-bond acceptors (Lipinski definition) is 2. The molecule has 0 spiro atoms. The fourth-order valence-corrected chi connectivity index (χ4v) is 3.17. The molecule has 3 atom stereocenters. The Morgan fingerprint density at radius 1 is 1.33 bits per heavy atom. The van der Waals surface area contributed by atoms with Gasteiger partial charge in [-0.05, 0) is 57.9 Å². The molecule has 0 heterocycles. The zero-order valence-electron chi connectivity index (χ0n) is 13.1. The van der Waals surface area contributed by atoms with Gasteiger partial charge in [0.25, 0.3) is 0 Å². The summed E-state index contributed by atoms with van der Waals surface area (Å²) in [6.45, 7) is 10.2. The molecule has 1 aliphatic rings. The molecule has 0 bridgehead atoms. The lowest BCUT2D eigenvalue weighted by atomic mass is 9.85. The summed E-state index contributed by atoms with van der Waals surface area (Å²) in [5.74, 6) is 1.77. The van der Waals surface area contributed by atoms with Crippen LogP contribution in [0.5, 0.6) is 0 Å². The van der Waals surface area contributed by atoms with Crippen LogP contribution in [0.2, 0.25) is 0 Å². The summed E-state index contributed by atoms with van der Waals surface area (Å²) < 4.78 is 5.55. The third kappa shape index (κ3) is 4.89. The van der Waals surface area contributed by atoms with Crippen molar-refractivity contribution >= 4 is 0 Å². The van der Waals surface area contributed by atoms with E-state index < -0.39 is 0 Å². The SMILES string of the molecule is CCCNC(CCC(C)(C)OC)C1CCCC1C. The van der Waals surface area contributed by atoms with Gasteiger partial charge in [0.2, 0.25) is 0 Å². The number of nitrogens with one attached hydrogen (secondary N) is 1. The lowest BCUT2D eigenvalue weighted by Crippen LogP contribution is -2.39. The van der Waals surface area contributed by atoms with Crippen molar-refractivity contribution in [3.05, 3.63) is 0 Å². The van der Waals surface area contributed by atoms with E-state index in [0.717, 1.165) is 24.8 Å². The van der Waals surface area contributed by atoms with Crippen LogP contribution in [-0.2, 0) is 4.74 Å². The summed E-state index contributed by atoms with van der Waals surface area (Å²) in [7, 11) is 1.83. The minimum atomic E-state index is 0.0218. The van der Waals surface area contributed by atoms with Gasteiger partial charge in [0.15, 0.2) is 0 Å². The maximum atomic E-state index is 5.55. The van der Waals surface area contributed by atoms with Crippen molar-refractivity contribution in [1.82, 2.24) is 5.32 Å². The third-order valence-electron chi connectivity index (χ3n) is 4.71. The Bertz CT molecular complexity index is 227. The van der Waals surface area contributed by atoms with Gasteiger partial charge in [0.1, 0.15) is 0 Å². The molecule has 1 saturated carbocycles. The van der Waals surface area contributed by atoms with Crippen LogP contribution in [-0.4, -0.2) is 25.3 Å². The summed E-state index contributed by atoms with van der Waals surface area (Å²) in [5, 5.41) is 3.78. The van der Waals surface area contributed by atoms with Crippen molar-refractivity contribution < 1.29 is 4.74 Å². The molecule has 2 nitrogen and oxygen atoms in total. The van der Waals surface area contributed by atoms with Crippen LogP contribution in [0.25, 0.3) is 0 Å². The lowest BCUT2D eigenvalue weighted by molar-refractivity contribution is 0.00964. The molecule has 1 N–H and O–H groups in total. The van der Waals surface area contributed by atoms with Gasteiger partial charge >= 0.3 is 0 Å². The van der Waals surface area contributed by atoms with Crippen LogP contribution in [0.4, 0.5) is 0 Å². The molecule has 1 rings (SSSR count). The smallest absolute Gasteiger partial charge is 0.0623 e. The molecule has 0 aromatic heterocycles. The van der Waals surface area contributed by atoms with Crippen molar-refractivity contribution in [2.45, 2.75) is 77.9 Å². The van der Waals surface area contributed by atoms with Crippen molar-refractivity contribution in [1.29, 1.82) is 0 Å².